The Balaban J connectivity index is 1.93. The number of hydrogen-bond acceptors (Lipinski definition) is 4. The average Bonchev–Trinajstić information content (AvgIpc) is 2.74. The van der Waals surface area contributed by atoms with Crippen molar-refractivity contribution >= 4 is 23.6 Å². The molecule has 0 spiro atoms. The molecule has 2 aromatic rings. The van der Waals surface area contributed by atoms with Gasteiger partial charge in [0.05, 0.1) is 38.1 Å². The maximum atomic E-state index is 12.9. The number of halogens is 1. The molecule has 1 heterocycles. The second-order valence-electron chi connectivity index (χ2n) is 7.32. The molecule has 31 heavy (non-hydrogen) atoms. The summed E-state index contributed by atoms with van der Waals surface area (Å²) in [7, 11) is 3.63. The summed E-state index contributed by atoms with van der Waals surface area (Å²) in [5.74, 6) is 0.338. The zero-order valence-corrected chi connectivity index (χ0v) is 18.6. The summed E-state index contributed by atoms with van der Waals surface area (Å²) in [5, 5.41) is 6.22. The van der Waals surface area contributed by atoms with Crippen LogP contribution in [0.2, 0.25) is 5.02 Å². The van der Waals surface area contributed by atoms with Gasteiger partial charge in [0, 0.05) is 10.6 Å². The molecule has 3 rings (SSSR count). The SMILES string of the molecule is CCOC(=O)C1=C(C[NH+](C)Cc2ccccc2OC)NC(=O)NC1c1ccc(Cl)cc1. The number of esters is 1. The van der Waals surface area contributed by atoms with Gasteiger partial charge in [-0.1, -0.05) is 35.9 Å². The largest absolute Gasteiger partial charge is 0.496 e. The summed E-state index contributed by atoms with van der Waals surface area (Å²) in [6.45, 7) is 3.06. The first-order chi connectivity index (χ1) is 14.9. The molecule has 0 saturated heterocycles. The number of quaternary nitrogens is 1. The number of urea groups is 1. The van der Waals surface area contributed by atoms with Gasteiger partial charge in [0.2, 0.25) is 0 Å². The van der Waals surface area contributed by atoms with Crippen molar-refractivity contribution in [3.8, 4) is 5.75 Å². The molecule has 1 aliphatic heterocycles. The lowest BCUT2D eigenvalue weighted by Gasteiger charge is -2.30. The fraction of sp³-hybridized carbons (Fsp3) is 0.304. The summed E-state index contributed by atoms with van der Waals surface area (Å²) < 4.78 is 10.8. The van der Waals surface area contributed by atoms with Gasteiger partial charge in [0.1, 0.15) is 18.8 Å². The maximum absolute atomic E-state index is 12.9. The molecule has 0 aliphatic carbocycles. The molecule has 7 nitrogen and oxygen atoms in total. The highest BCUT2D eigenvalue weighted by Crippen LogP contribution is 2.28. The van der Waals surface area contributed by atoms with Crippen molar-refractivity contribution in [2.24, 2.45) is 0 Å². The minimum Gasteiger partial charge on any atom is -0.496 e. The zero-order chi connectivity index (χ0) is 22.4. The van der Waals surface area contributed by atoms with Crippen LogP contribution in [-0.4, -0.2) is 39.3 Å². The zero-order valence-electron chi connectivity index (χ0n) is 17.8. The van der Waals surface area contributed by atoms with Crippen molar-refractivity contribution in [1.82, 2.24) is 10.6 Å². The molecule has 0 radical (unpaired) electrons. The highest BCUT2D eigenvalue weighted by molar-refractivity contribution is 6.30. The molecule has 164 valence electrons. The van der Waals surface area contributed by atoms with Crippen LogP contribution in [0.15, 0.2) is 59.8 Å². The number of hydrogen-bond donors (Lipinski definition) is 3. The molecule has 2 amide bonds. The predicted octanol–water partition coefficient (Wildman–Crippen LogP) is 2.23. The quantitative estimate of drug-likeness (QED) is 0.545. The van der Waals surface area contributed by atoms with Gasteiger partial charge in [-0.3, -0.25) is 0 Å². The number of carbonyl (C=O) groups is 2. The summed E-state index contributed by atoms with van der Waals surface area (Å²) in [6, 6.07) is 13.8. The maximum Gasteiger partial charge on any atom is 0.338 e. The number of para-hydroxylation sites is 1. The lowest BCUT2D eigenvalue weighted by Crippen LogP contribution is -3.08. The Bertz CT molecular complexity index is 975. The van der Waals surface area contributed by atoms with Crippen molar-refractivity contribution in [2.75, 3.05) is 27.3 Å². The van der Waals surface area contributed by atoms with E-state index in [1.165, 1.54) is 0 Å². The van der Waals surface area contributed by atoms with Crippen LogP contribution in [0.5, 0.6) is 5.75 Å². The first kappa shape index (κ1) is 22.7. The third-order valence-electron chi connectivity index (χ3n) is 5.02. The van der Waals surface area contributed by atoms with Crippen molar-refractivity contribution < 1.29 is 24.0 Å². The Morgan fingerprint density at radius 1 is 1.13 bits per heavy atom. The van der Waals surface area contributed by atoms with Gasteiger partial charge in [-0.25, -0.2) is 9.59 Å². The van der Waals surface area contributed by atoms with Crippen LogP contribution in [0.4, 0.5) is 4.79 Å². The molecule has 0 bridgehead atoms. The second kappa shape index (κ2) is 10.3. The van der Waals surface area contributed by atoms with Crippen LogP contribution in [0.1, 0.15) is 24.1 Å². The molecular weight excluding hydrogens is 418 g/mol. The lowest BCUT2D eigenvalue weighted by atomic mass is 9.95. The summed E-state index contributed by atoms with van der Waals surface area (Å²) >= 11 is 6.01. The molecule has 0 aromatic heterocycles. The molecule has 0 saturated carbocycles. The standard InChI is InChI=1S/C23H26ClN3O4/c1-4-31-22(28)20-18(14-27(2)13-16-7-5-6-8-19(16)30-3)25-23(29)26-21(20)15-9-11-17(24)12-10-15/h5-12,21H,4,13-14H2,1-3H3,(H2,25,26,29)/p+1. The Hall–Kier alpha value is -3.03. The number of ether oxygens (including phenoxy) is 2. The number of methoxy groups -OCH3 is 1. The van der Waals surface area contributed by atoms with E-state index in [0.717, 1.165) is 21.8 Å². The van der Waals surface area contributed by atoms with Crippen molar-refractivity contribution in [3.63, 3.8) is 0 Å². The van der Waals surface area contributed by atoms with Crippen LogP contribution in [0.3, 0.4) is 0 Å². The van der Waals surface area contributed by atoms with Gasteiger partial charge in [-0.15, -0.1) is 0 Å². The summed E-state index contributed by atoms with van der Waals surface area (Å²) in [5.41, 5.74) is 2.72. The molecule has 0 fully saturated rings. The first-order valence-electron chi connectivity index (χ1n) is 10.1. The Kier molecular flexibility index (Phi) is 7.55. The third-order valence-corrected chi connectivity index (χ3v) is 5.27. The van der Waals surface area contributed by atoms with E-state index in [2.05, 4.69) is 10.6 Å². The first-order valence-corrected chi connectivity index (χ1v) is 10.5. The van der Waals surface area contributed by atoms with E-state index in [-0.39, 0.29) is 12.6 Å². The summed E-state index contributed by atoms with van der Waals surface area (Å²) in [6.07, 6.45) is 0. The number of rotatable bonds is 8. The monoisotopic (exact) mass is 444 g/mol. The number of likely N-dealkylation sites (N-methyl/N-ethyl adjacent to an activating group) is 1. The average molecular weight is 445 g/mol. The van der Waals surface area contributed by atoms with E-state index >= 15 is 0 Å². The van der Waals surface area contributed by atoms with Gasteiger partial charge in [0.25, 0.3) is 0 Å². The topological polar surface area (TPSA) is 81.1 Å². The highest BCUT2D eigenvalue weighted by atomic mass is 35.5. The van der Waals surface area contributed by atoms with Gasteiger partial charge in [-0.2, -0.15) is 0 Å². The van der Waals surface area contributed by atoms with E-state index in [9.17, 15) is 9.59 Å². The van der Waals surface area contributed by atoms with E-state index in [1.807, 2.05) is 31.3 Å². The predicted molar refractivity (Wildman–Crippen MR) is 118 cm³/mol. The molecular formula is C23H27ClN3O4+. The smallest absolute Gasteiger partial charge is 0.338 e. The minimum absolute atomic E-state index is 0.237. The fourth-order valence-electron chi connectivity index (χ4n) is 3.65. The Morgan fingerprint density at radius 3 is 2.52 bits per heavy atom. The van der Waals surface area contributed by atoms with E-state index in [0.29, 0.717) is 29.4 Å². The Morgan fingerprint density at radius 2 is 1.84 bits per heavy atom. The number of amides is 2. The van der Waals surface area contributed by atoms with Crippen molar-refractivity contribution in [3.05, 3.63) is 76.0 Å². The van der Waals surface area contributed by atoms with E-state index in [4.69, 9.17) is 21.1 Å². The van der Waals surface area contributed by atoms with Crippen LogP contribution in [-0.2, 0) is 16.1 Å². The number of nitrogens with one attached hydrogen (secondary N) is 3. The van der Waals surface area contributed by atoms with Crippen LogP contribution >= 0.6 is 11.6 Å². The molecule has 2 unspecified atom stereocenters. The van der Waals surface area contributed by atoms with Gasteiger partial charge >= 0.3 is 12.0 Å². The Labute approximate surface area is 187 Å². The molecule has 2 atom stereocenters. The minimum atomic E-state index is -0.626. The van der Waals surface area contributed by atoms with Gasteiger partial charge in [-0.05, 0) is 36.8 Å². The third kappa shape index (κ3) is 5.57. The number of carbonyl (C=O) groups excluding carboxylic acids is 2. The molecule has 1 aliphatic rings. The second-order valence-corrected chi connectivity index (χ2v) is 7.75. The van der Waals surface area contributed by atoms with Crippen LogP contribution < -0.4 is 20.3 Å². The van der Waals surface area contributed by atoms with Crippen molar-refractivity contribution in [2.45, 2.75) is 19.5 Å². The van der Waals surface area contributed by atoms with Gasteiger partial charge < -0.3 is 25.0 Å². The normalized spacial score (nSPS) is 16.9. The lowest BCUT2D eigenvalue weighted by molar-refractivity contribution is -0.889. The van der Waals surface area contributed by atoms with Crippen molar-refractivity contribution in [1.29, 1.82) is 0 Å². The van der Waals surface area contributed by atoms with Crippen LogP contribution in [0.25, 0.3) is 0 Å². The fourth-order valence-corrected chi connectivity index (χ4v) is 3.78. The highest BCUT2D eigenvalue weighted by Gasteiger charge is 2.35. The molecule has 3 N–H and O–H groups in total. The van der Waals surface area contributed by atoms with Gasteiger partial charge in [0.15, 0.2) is 0 Å². The van der Waals surface area contributed by atoms with E-state index < -0.39 is 12.0 Å². The number of benzene rings is 2. The molecule has 2 aromatic carbocycles. The summed E-state index contributed by atoms with van der Waals surface area (Å²) in [4.78, 5) is 26.4. The molecule has 8 heteroatoms. The van der Waals surface area contributed by atoms with Crippen LogP contribution in [0, 0.1) is 0 Å². The van der Waals surface area contributed by atoms with E-state index in [1.54, 1.807) is 38.3 Å².